The van der Waals surface area contributed by atoms with Gasteiger partial charge in [0, 0.05) is 10.7 Å². The highest BCUT2D eigenvalue weighted by Gasteiger charge is 2.16. The molecule has 3 aromatic rings. The predicted molar refractivity (Wildman–Crippen MR) is 110 cm³/mol. The molecule has 136 valence electrons. The number of hydrogen-bond donors (Lipinski definition) is 2. The fraction of sp³-hybridized carbons (Fsp3) is 0.0476. The molecular weight excluding hydrogens is 383 g/mol. The van der Waals surface area contributed by atoms with Crippen LogP contribution in [0.2, 0.25) is 10.0 Å². The first-order valence-corrected chi connectivity index (χ1v) is 8.93. The number of hydrogen-bond acceptors (Lipinski definition) is 2. The van der Waals surface area contributed by atoms with Crippen molar-refractivity contribution in [2.75, 3.05) is 10.6 Å². The number of rotatable bonds is 4. The predicted octanol–water partition coefficient (Wildman–Crippen LogP) is 5.81. The van der Waals surface area contributed by atoms with Crippen LogP contribution in [0, 0.1) is 6.92 Å². The van der Waals surface area contributed by atoms with E-state index >= 15 is 0 Å². The van der Waals surface area contributed by atoms with Crippen LogP contribution in [0.15, 0.2) is 66.7 Å². The first-order valence-electron chi connectivity index (χ1n) is 8.17. The minimum Gasteiger partial charge on any atom is -0.322 e. The van der Waals surface area contributed by atoms with Gasteiger partial charge in [-0.1, -0.05) is 47.5 Å². The summed E-state index contributed by atoms with van der Waals surface area (Å²) < 4.78 is 0. The van der Waals surface area contributed by atoms with E-state index in [1.807, 2.05) is 25.1 Å². The van der Waals surface area contributed by atoms with E-state index in [4.69, 9.17) is 23.2 Å². The van der Waals surface area contributed by atoms with Crippen molar-refractivity contribution in [2.45, 2.75) is 6.92 Å². The molecule has 0 atom stereocenters. The Kier molecular flexibility index (Phi) is 5.79. The second kappa shape index (κ2) is 8.25. The van der Waals surface area contributed by atoms with Gasteiger partial charge in [-0.2, -0.15) is 0 Å². The van der Waals surface area contributed by atoms with Gasteiger partial charge in [0.1, 0.15) is 0 Å². The second-order valence-electron chi connectivity index (χ2n) is 5.95. The summed E-state index contributed by atoms with van der Waals surface area (Å²) in [6.07, 6.45) is 0. The van der Waals surface area contributed by atoms with E-state index in [1.165, 1.54) is 6.07 Å². The molecule has 0 saturated carbocycles. The zero-order chi connectivity index (χ0) is 19.4. The molecule has 0 bridgehead atoms. The molecule has 0 saturated heterocycles. The van der Waals surface area contributed by atoms with Crippen LogP contribution in [0.3, 0.4) is 0 Å². The Morgan fingerprint density at radius 2 is 1.52 bits per heavy atom. The lowest BCUT2D eigenvalue weighted by atomic mass is 10.1. The van der Waals surface area contributed by atoms with Crippen molar-refractivity contribution < 1.29 is 9.59 Å². The van der Waals surface area contributed by atoms with E-state index in [-0.39, 0.29) is 16.5 Å². The number of para-hydroxylation sites is 1. The molecule has 4 nitrogen and oxygen atoms in total. The molecule has 0 aliphatic heterocycles. The van der Waals surface area contributed by atoms with Gasteiger partial charge in [-0.05, 0) is 55.0 Å². The van der Waals surface area contributed by atoms with E-state index in [2.05, 4.69) is 10.6 Å². The van der Waals surface area contributed by atoms with Crippen molar-refractivity contribution in [3.05, 3.63) is 93.5 Å². The molecule has 2 N–H and O–H groups in total. The molecule has 0 spiro atoms. The Morgan fingerprint density at radius 3 is 2.30 bits per heavy atom. The van der Waals surface area contributed by atoms with Crippen LogP contribution in [0.25, 0.3) is 0 Å². The van der Waals surface area contributed by atoms with Gasteiger partial charge in [0.05, 0.1) is 21.8 Å². The SMILES string of the molecule is Cc1cccc(NC(=O)c2ccccc2NC(=O)c2cc(Cl)ccc2Cl)c1. The Morgan fingerprint density at radius 1 is 0.778 bits per heavy atom. The molecule has 0 aliphatic rings. The molecular formula is C21H16Cl2N2O2. The van der Waals surface area contributed by atoms with Gasteiger partial charge in [-0.3, -0.25) is 9.59 Å². The maximum atomic E-state index is 12.7. The summed E-state index contributed by atoms with van der Waals surface area (Å²) in [5, 5.41) is 6.24. The molecule has 0 aromatic heterocycles. The molecule has 3 rings (SSSR count). The summed E-state index contributed by atoms with van der Waals surface area (Å²) in [6.45, 7) is 1.94. The molecule has 0 radical (unpaired) electrons. The number of carbonyl (C=O) groups excluding carboxylic acids is 2. The Bertz CT molecular complexity index is 1020. The average Bonchev–Trinajstić information content (AvgIpc) is 2.64. The molecule has 0 heterocycles. The number of carbonyl (C=O) groups is 2. The van der Waals surface area contributed by atoms with Crippen LogP contribution in [0.1, 0.15) is 26.3 Å². The smallest absolute Gasteiger partial charge is 0.257 e. The maximum absolute atomic E-state index is 12.7. The molecule has 0 unspecified atom stereocenters. The van der Waals surface area contributed by atoms with Crippen LogP contribution in [0.5, 0.6) is 0 Å². The number of anilines is 2. The summed E-state index contributed by atoms with van der Waals surface area (Å²) in [7, 11) is 0. The number of halogens is 2. The summed E-state index contributed by atoms with van der Waals surface area (Å²) in [6, 6.07) is 18.9. The molecule has 0 aliphatic carbocycles. The van der Waals surface area contributed by atoms with Gasteiger partial charge in [-0.15, -0.1) is 0 Å². The summed E-state index contributed by atoms with van der Waals surface area (Å²) >= 11 is 12.0. The topological polar surface area (TPSA) is 58.2 Å². The Labute approximate surface area is 167 Å². The third kappa shape index (κ3) is 4.67. The van der Waals surface area contributed by atoms with Crippen molar-refractivity contribution >= 4 is 46.4 Å². The molecule has 3 aromatic carbocycles. The molecule has 27 heavy (non-hydrogen) atoms. The van der Waals surface area contributed by atoms with Gasteiger partial charge in [0.25, 0.3) is 11.8 Å². The lowest BCUT2D eigenvalue weighted by Gasteiger charge is -2.12. The standard InChI is InChI=1S/C21H16Cl2N2O2/c1-13-5-4-6-15(11-13)24-20(26)16-7-2-3-8-19(16)25-21(27)17-12-14(22)9-10-18(17)23/h2-12H,1H3,(H,24,26)(H,25,27). The van der Waals surface area contributed by atoms with Crippen LogP contribution >= 0.6 is 23.2 Å². The number of aryl methyl sites for hydroxylation is 1. The number of benzene rings is 3. The van der Waals surface area contributed by atoms with E-state index in [0.717, 1.165) is 5.56 Å². The number of nitrogens with one attached hydrogen (secondary N) is 2. The second-order valence-corrected chi connectivity index (χ2v) is 6.79. The number of amides is 2. The van der Waals surface area contributed by atoms with E-state index in [1.54, 1.807) is 42.5 Å². The van der Waals surface area contributed by atoms with Gasteiger partial charge in [-0.25, -0.2) is 0 Å². The normalized spacial score (nSPS) is 10.3. The molecule has 0 fully saturated rings. The lowest BCUT2D eigenvalue weighted by Crippen LogP contribution is -2.18. The highest BCUT2D eigenvalue weighted by molar-refractivity contribution is 6.36. The first-order chi connectivity index (χ1) is 12.9. The lowest BCUT2D eigenvalue weighted by molar-refractivity contribution is 0.102. The third-order valence-corrected chi connectivity index (χ3v) is 4.43. The van der Waals surface area contributed by atoms with Crippen molar-refractivity contribution in [1.29, 1.82) is 0 Å². The van der Waals surface area contributed by atoms with Crippen molar-refractivity contribution in [2.24, 2.45) is 0 Å². The summed E-state index contributed by atoms with van der Waals surface area (Å²) in [4.78, 5) is 25.3. The quantitative estimate of drug-likeness (QED) is 0.582. The highest BCUT2D eigenvalue weighted by Crippen LogP contribution is 2.23. The van der Waals surface area contributed by atoms with Crippen molar-refractivity contribution in [3.8, 4) is 0 Å². The Balaban J connectivity index is 1.84. The van der Waals surface area contributed by atoms with Gasteiger partial charge >= 0.3 is 0 Å². The van der Waals surface area contributed by atoms with Crippen LogP contribution in [0.4, 0.5) is 11.4 Å². The highest BCUT2D eigenvalue weighted by atomic mass is 35.5. The van der Waals surface area contributed by atoms with Crippen LogP contribution in [-0.4, -0.2) is 11.8 Å². The van der Waals surface area contributed by atoms with Crippen LogP contribution < -0.4 is 10.6 Å². The largest absolute Gasteiger partial charge is 0.322 e. The Hall–Kier alpha value is -2.82. The molecule has 2 amide bonds. The van der Waals surface area contributed by atoms with Crippen molar-refractivity contribution in [1.82, 2.24) is 0 Å². The fourth-order valence-electron chi connectivity index (χ4n) is 2.57. The van der Waals surface area contributed by atoms with E-state index in [9.17, 15) is 9.59 Å². The third-order valence-electron chi connectivity index (χ3n) is 3.87. The first kappa shape index (κ1) is 19.0. The summed E-state index contributed by atoms with van der Waals surface area (Å²) in [5.74, 6) is -0.771. The van der Waals surface area contributed by atoms with Gasteiger partial charge < -0.3 is 10.6 Å². The van der Waals surface area contributed by atoms with Crippen molar-refractivity contribution in [3.63, 3.8) is 0 Å². The van der Waals surface area contributed by atoms with Crippen LogP contribution in [-0.2, 0) is 0 Å². The minimum atomic E-state index is -0.446. The van der Waals surface area contributed by atoms with E-state index in [0.29, 0.717) is 22.0 Å². The maximum Gasteiger partial charge on any atom is 0.257 e. The monoisotopic (exact) mass is 398 g/mol. The fourth-order valence-corrected chi connectivity index (χ4v) is 2.95. The zero-order valence-corrected chi connectivity index (χ0v) is 15.9. The van der Waals surface area contributed by atoms with Gasteiger partial charge in [0.15, 0.2) is 0 Å². The minimum absolute atomic E-state index is 0.234. The van der Waals surface area contributed by atoms with E-state index < -0.39 is 5.91 Å². The average molecular weight is 399 g/mol. The zero-order valence-electron chi connectivity index (χ0n) is 14.4. The molecule has 6 heteroatoms. The summed E-state index contributed by atoms with van der Waals surface area (Å²) in [5.41, 5.74) is 2.66. The van der Waals surface area contributed by atoms with Gasteiger partial charge in [0.2, 0.25) is 0 Å².